The van der Waals surface area contributed by atoms with E-state index in [1.165, 1.54) is 6.42 Å². The van der Waals surface area contributed by atoms with Crippen LogP contribution in [0.5, 0.6) is 0 Å². The van der Waals surface area contributed by atoms with Crippen molar-refractivity contribution in [1.29, 1.82) is 0 Å². The zero-order chi connectivity index (χ0) is 19.7. The molecule has 1 aliphatic rings. The van der Waals surface area contributed by atoms with E-state index in [0.717, 1.165) is 38.9 Å². The molecule has 25 heavy (non-hydrogen) atoms. The molecule has 0 N–H and O–H groups in total. The third-order valence-electron chi connectivity index (χ3n) is 5.94. The van der Waals surface area contributed by atoms with E-state index in [9.17, 15) is 4.79 Å². The molecule has 0 saturated carbocycles. The van der Waals surface area contributed by atoms with Crippen molar-refractivity contribution in [1.82, 2.24) is 0 Å². The molecule has 0 aromatic heterocycles. The van der Waals surface area contributed by atoms with Crippen LogP contribution in [0, 0.1) is 22.2 Å². The maximum atomic E-state index is 12.8. The minimum Gasteiger partial charge on any atom is -0.465 e. The lowest BCUT2D eigenvalue weighted by Crippen LogP contribution is -2.47. The Labute approximate surface area is 157 Å². The summed E-state index contributed by atoms with van der Waals surface area (Å²) in [6.07, 6.45) is 5.19. The first-order valence-electron chi connectivity index (χ1n) is 10.3. The van der Waals surface area contributed by atoms with E-state index in [-0.39, 0.29) is 28.1 Å². The Morgan fingerprint density at radius 1 is 1.04 bits per heavy atom. The number of ether oxygens (including phenoxy) is 2. The fourth-order valence-electron chi connectivity index (χ4n) is 2.73. The van der Waals surface area contributed by atoms with E-state index < -0.39 is 0 Å². The number of esters is 1. The molecular formula is C22H44O3. The Hall–Kier alpha value is -0.570. The summed E-state index contributed by atoms with van der Waals surface area (Å²) in [5, 5.41) is 0. The van der Waals surface area contributed by atoms with Gasteiger partial charge in [0.15, 0.2) is 0 Å². The van der Waals surface area contributed by atoms with Crippen LogP contribution in [0.3, 0.4) is 0 Å². The van der Waals surface area contributed by atoms with Crippen molar-refractivity contribution < 1.29 is 14.3 Å². The van der Waals surface area contributed by atoms with Gasteiger partial charge in [-0.1, -0.05) is 81.6 Å². The van der Waals surface area contributed by atoms with Crippen LogP contribution >= 0.6 is 0 Å². The van der Waals surface area contributed by atoms with Gasteiger partial charge >= 0.3 is 5.97 Å². The fourth-order valence-corrected chi connectivity index (χ4v) is 2.73. The molecule has 0 amide bonds. The van der Waals surface area contributed by atoms with Crippen LogP contribution in [0.1, 0.15) is 94.4 Å². The summed E-state index contributed by atoms with van der Waals surface area (Å²) in [6, 6.07) is 0. The summed E-state index contributed by atoms with van der Waals surface area (Å²) in [5.74, 6) is -0.0598. The molecule has 1 rings (SSSR count). The van der Waals surface area contributed by atoms with E-state index in [1.807, 2.05) is 0 Å². The first kappa shape index (κ1) is 24.4. The van der Waals surface area contributed by atoms with Crippen molar-refractivity contribution in [2.24, 2.45) is 22.2 Å². The van der Waals surface area contributed by atoms with Gasteiger partial charge in [0.2, 0.25) is 0 Å². The first-order chi connectivity index (χ1) is 11.5. The summed E-state index contributed by atoms with van der Waals surface area (Å²) in [7, 11) is 0. The molecule has 0 radical (unpaired) electrons. The maximum Gasteiger partial charge on any atom is 0.309 e. The molecule has 0 aromatic carbocycles. The molecule has 0 bridgehead atoms. The molecule has 0 aromatic rings. The predicted molar refractivity (Wildman–Crippen MR) is 107 cm³/mol. The Bertz CT molecular complexity index is 375. The Morgan fingerprint density at radius 2 is 1.56 bits per heavy atom. The second-order valence-corrected chi connectivity index (χ2v) is 9.28. The summed E-state index contributed by atoms with van der Waals surface area (Å²) < 4.78 is 11.1. The van der Waals surface area contributed by atoms with Crippen LogP contribution in [0.2, 0.25) is 0 Å². The molecule has 3 nitrogen and oxygen atoms in total. The topological polar surface area (TPSA) is 35.5 Å². The molecule has 1 fully saturated rings. The monoisotopic (exact) mass is 356 g/mol. The van der Waals surface area contributed by atoms with Crippen LogP contribution < -0.4 is 0 Å². The highest BCUT2D eigenvalue weighted by atomic mass is 16.5. The molecule has 0 spiro atoms. The minimum atomic E-state index is -0.0395. The molecule has 1 atom stereocenters. The predicted octanol–water partition coefficient (Wildman–Crippen LogP) is 6.25. The van der Waals surface area contributed by atoms with Crippen molar-refractivity contribution >= 4 is 5.97 Å². The van der Waals surface area contributed by atoms with Crippen LogP contribution in [0.25, 0.3) is 0 Å². The fraction of sp³-hybridized carbons (Fsp3) is 0.955. The van der Waals surface area contributed by atoms with E-state index >= 15 is 0 Å². The maximum absolute atomic E-state index is 12.8. The molecule has 1 aliphatic heterocycles. The first-order valence-corrected chi connectivity index (χ1v) is 10.3. The van der Waals surface area contributed by atoms with Gasteiger partial charge in [-0.25, -0.2) is 0 Å². The van der Waals surface area contributed by atoms with Crippen LogP contribution in [-0.2, 0) is 14.3 Å². The highest BCUT2D eigenvalue weighted by Gasteiger charge is 2.42. The zero-order valence-electron chi connectivity index (χ0n) is 18.5. The lowest BCUT2D eigenvalue weighted by molar-refractivity contribution is -0.178. The van der Waals surface area contributed by atoms with Crippen LogP contribution in [0.4, 0.5) is 0 Å². The minimum absolute atomic E-state index is 0.0203. The quantitative estimate of drug-likeness (QED) is 0.458. The molecular weight excluding hydrogens is 312 g/mol. The van der Waals surface area contributed by atoms with Gasteiger partial charge in [0.05, 0.1) is 24.5 Å². The van der Waals surface area contributed by atoms with Crippen molar-refractivity contribution in [3.63, 3.8) is 0 Å². The van der Waals surface area contributed by atoms with Crippen molar-refractivity contribution in [2.75, 3.05) is 19.8 Å². The summed E-state index contributed by atoms with van der Waals surface area (Å²) in [5.41, 5.74) is 0.202. The van der Waals surface area contributed by atoms with Gasteiger partial charge in [0, 0.05) is 0 Å². The standard InChI is InChI=1S/C19H36O3.C3H8/c1-8-17(4,5)11-15(18(6,7)9-2)16(20)22-14-19(10-3)12-21-13-19;1-3-2/h15H,8-14H2,1-7H3;3H2,1-2H3. The van der Waals surface area contributed by atoms with Crippen molar-refractivity contribution in [3.05, 3.63) is 0 Å². The SMILES string of the molecule is CCC.CCC(C)(C)CC(C(=O)OCC1(CC)COC1)C(C)(C)CC. The zero-order valence-corrected chi connectivity index (χ0v) is 18.5. The lowest BCUT2D eigenvalue weighted by atomic mass is 9.68. The second kappa shape index (κ2) is 10.5. The highest BCUT2D eigenvalue weighted by Crippen LogP contribution is 2.41. The van der Waals surface area contributed by atoms with Gasteiger partial charge in [-0.2, -0.15) is 0 Å². The lowest BCUT2D eigenvalue weighted by Gasteiger charge is -2.41. The van der Waals surface area contributed by atoms with E-state index in [0.29, 0.717) is 6.61 Å². The number of hydrogen-bond acceptors (Lipinski definition) is 3. The molecule has 0 aliphatic carbocycles. The van der Waals surface area contributed by atoms with Crippen LogP contribution in [-0.4, -0.2) is 25.8 Å². The Balaban J connectivity index is 0.00000178. The summed E-state index contributed by atoms with van der Waals surface area (Å²) >= 11 is 0. The molecule has 1 saturated heterocycles. The van der Waals surface area contributed by atoms with Gasteiger partial charge in [-0.05, 0) is 23.7 Å². The molecule has 150 valence electrons. The Morgan fingerprint density at radius 3 is 1.88 bits per heavy atom. The average molecular weight is 357 g/mol. The van der Waals surface area contributed by atoms with Gasteiger partial charge in [0.25, 0.3) is 0 Å². The smallest absolute Gasteiger partial charge is 0.309 e. The van der Waals surface area contributed by atoms with E-state index in [4.69, 9.17) is 9.47 Å². The molecule has 3 heteroatoms. The van der Waals surface area contributed by atoms with Gasteiger partial charge in [0.1, 0.15) is 6.61 Å². The number of rotatable bonds is 9. The summed E-state index contributed by atoms with van der Waals surface area (Å²) in [4.78, 5) is 12.8. The van der Waals surface area contributed by atoms with Crippen molar-refractivity contribution in [2.45, 2.75) is 94.4 Å². The third-order valence-corrected chi connectivity index (χ3v) is 5.94. The molecule has 1 unspecified atom stereocenters. The number of hydrogen-bond donors (Lipinski definition) is 0. The van der Waals surface area contributed by atoms with Crippen molar-refractivity contribution in [3.8, 4) is 0 Å². The highest BCUT2D eigenvalue weighted by molar-refractivity contribution is 5.73. The number of carbonyl (C=O) groups excluding carboxylic acids is 1. The van der Waals surface area contributed by atoms with Gasteiger partial charge in [-0.15, -0.1) is 0 Å². The van der Waals surface area contributed by atoms with Gasteiger partial charge < -0.3 is 9.47 Å². The van der Waals surface area contributed by atoms with E-state index in [1.54, 1.807) is 0 Å². The Kier molecular flexibility index (Phi) is 10.3. The normalized spacial score (nSPS) is 17.8. The van der Waals surface area contributed by atoms with Gasteiger partial charge in [-0.3, -0.25) is 4.79 Å². The van der Waals surface area contributed by atoms with Crippen LogP contribution in [0.15, 0.2) is 0 Å². The third kappa shape index (κ3) is 7.68. The summed E-state index contributed by atoms with van der Waals surface area (Å²) in [6.45, 7) is 21.6. The second-order valence-electron chi connectivity index (χ2n) is 9.28. The largest absolute Gasteiger partial charge is 0.465 e. The number of carbonyl (C=O) groups is 1. The molecule has 1 heterocycles. The average Bonchev–Trinajstić information content (AvgIpc) is 2.52. The van der Waals surface area contributed by atoms with E-state index in [2.05, 4.69) is 62.3 Å².